The van der Waals surface area contributed by atoms with Crippen molar-refractivity contribution in [3.05, 3.63) is 77.0 Å². The maximum Gasteiger partial charge on any atom is 0.410 e. The average molecular weight is 556 g/mol. The van der Waals surface area contributed by atoms with Gasteiger partial charge in [0.15, 0.2) is 11.5 Å². The number of aryl methyl sites for hydroxylation is 1. The maximum atomic E-state index is 13.4. The van der Waals surface area contributed by atoms with Crippen molar-refractivity contribution in [2.24, 2.45) is 0 Å². The number of rotatable bonds is 6. The predicted molar refractivity (Wildman–Crippen MR) is 154 cm³/mol. The van der Waals surface area contributed by atoms with Gasteiger partial charge in [-0.2, -0.15) is 14.9 Å². The number of imidazole rings is 1. The zero-order valence-electron chi connectivity index (χ0n) is 23.8. The molecule has 1 saturated heterocycles. The van der Waals surface area contributed by atoms with E-state index >= 15 is 0 Å². The van der Waals surface area contributed by atoms with Crippen LogP contribution in [0.3, 0.4) is 0 Å². The van der Waals surface area contributed by atoms with E-state index in [1.54, 1.807) is 29.2 Å². The van der Waals surface area contributed by atoms with Crippen molar-refractivity contribution in [1.29, 1.82) is 5.26 Å². The van der Waals surface area contributed by atoms with E-state index < -0.39 is 5.60 Å². The number of halogens is 1. The third-order valence-electron chi connectivity index (χ3n) is 7.13. The third kappa shape index (κ3) is 6.30. The molecule has 41 heavy (non-hydrogen) atoms. The Kier molecular flexibility index (Phi) is 7.88. The molecule has 1 N–H and O–H groups in total. The molecule has 1 aliphatic rings. The largest absolute Gasteiger partial charge is 0.444 e. The summed E-state index contributed by atoms with van der Waals surface area (Å²) in [6, 6.07) is 15.8. The van der Waals surface area contributed by atoms with Crippen molar-refractivity contribution in [1.82, 2.24) is 24.5 Å². The summed E-state index contributed by atoms with van der Waals surface area (Å²) < 4.78 is 20.8. The number of carbonyl (C=O) groups excluding carboxylic acids is 1. The minimum absolute atomic E-state index is 0.206. The number of amides is 1. The van der Waals surface area contributed by atoms with Crippen molar-refractivity contribution in [3.8, 4) is 17.3 Å². The molecule has 10 heteroatoms. The molecule has 4 heterocycles. The van der Waals surface area contributed by atoms with Gasteiger partial charge in [0.05, 0.1) is 34.9 Å². The Bertz CT molecular complexity index is 1590. The fraction of sp³-hybridized carbons (Fsp3) is 0.387. The number of nitriles is 1. The highest BCUT2D eigenvalue weighted by atomic mass is 19.1. The summed E-state index contributed by atoms with van der Waals surface area (Å²) in [5.41, 5.74) is 4.48. The van der Waals surface area contributed by atoms with E-state index in [9.17, 15) is 14.4 Å². The first-order chi connectivity index (χ1) is 19.6. The molecule has 0 atom stereocenters. The summed E-state index contributed by atoms with van der Waals surface area (Å²) in [6.45, 7) is 9.17. The maximum absolute atomic E-state index is 13.4. The summed E-state index contributed by atoms with van der Waals surface area (Å²) in [5.74, 6) is 0.649. The van der Waals surface area contributed by atoms with Crippen LogP contribution in [0.1, 0.15) is 69.1 Å². The van der Waals surface area contributed by atoms with Crippen molar-refractivity contribution in [2.45, 2.75) is 65.0 Å². The fourth-order valence-electron chi connectivity index (χ4n) is 5.01. The number of pyridine rings is 1. The molecule has 3 aromatic heterocycles. The normalized spacial score (nSPS) is 14.2. The number of benzene rings is 1. The summed E-state index contributed by atoms with van der Waals surface area (Å²) in [7, 11) is 0. The molecule has 0 aliphatic carbocycles. The van der Waals surface area contributed by atoms with Gasteiger partial charge >= 0.3 is 6.09 Å². The number of likely N-dealkylation sites (tertiary alicyclic amines) is 1. The van der Waals surface area contributed by atoms with Gasteiger partial charge in [-0.15, -0.1) is 0 Å². The van der Waals surface area contributed by atoms with Crippen LogP contribution < -0.4 is 5.32 Å². The molecule has 0 bridgehead atoms. The molecular weight excluding hydrogens is 521 g/mol. The first-order valence-electron chi connectivity index (χ1n) is 13.9. The second-order valence-corrected chi connectivity index (χ2v) is 11.2. The van der Waals surface area contributed by atoms with Crippen molar-refractivity contribution < 1.29 is 13.9 Å². The molecule has 0 unspecified atom stereocenters. The van der Waals surface area contributed by atoms with Gasteiger partial charge < -0.3 is 15.0 Å². The van der Waals surface area contributed by atoms with Crippen LogP contribution in [-0.4, -0.2) is 49.3 Å². The van der Waals surface area contributed by atoms with Crippen LogP contribution in [0.2, 0.25) is 0 Å². The highest BCUT2D eigenvalue weighted by molar-refractivity contribution is 5.68. The number of piperidine rings is 1. The monoisotopic (exact) mass is 555 g/mol. The van der Waals surface area contributed by atoms with Crippen LogP contribution in [0.5, 0.6) is 0 Å². The number of nitrogens with zero attached hydrogens (tertiary/aromatic N) is 6. The van der Waals surface area contributed by atoms with E-state index in [1.807, 2.05) is 44.3 Å². The minimum Gasteiger partial charge on any atom is -0.444 e. The van der Waals surface area contributed by atoms with Crippen molar-refractivity contribution in [2.75, 3.05) is 18.4 Å². The van der Waals surface area contributed by atoms with Crippen molar-refractivity contribution in [3.63, 3.8) is 0 Å². The molecule has 1 aliphatic heterocycles. The number of ether oxygens (including phenoxy) is 1. The Balaban J connectivity index is 1.36. The lowest BCUT2D eigenvalue weighted by atomic mass is 9.93. The molecule has 9 nitrogen and oxygen atoms in total. The Morgan fingerprint density at radius 2 is 1.80 bits per heavy atom. The zero-order chi connectivity index (χ0) is 29.1. The van der Waals surface area contributed by atoms with E-state index in [1.165, 1.54) is 12.1 Å². The number of aromatic nitrogens is 4. The lowest BCUT2D eigenvalue weighted by Gasteiger charge is -2.33. The molecule has 1 amide bonds. The molecule has 0 saturated carbocycles. The smallest absolute Gasteiger partial charge is 0.410 e. The molecule has 212 valence electrons. The van der Waals surface area contributed by atoms with Crippen LogP contribution in [0.4, 0.5) is 15.0 Å². The quantitative estimate of drug-likeness (QED) is 0.307. The molecule has 1 fully saturated rings. The Morgan fingerprint density at radius 3 is 2.46 bits per heavy atom. The molecule has 0 radical (unpaired) electrons. The first-order valence-corrected chi connectivity index (χ1v) is 13.9. The van der Waals surface area contributed by atoms with Crippen LogP contribution in [0.15, 0.2) is 48.5 Å². The van der Waals surface area contributed by atoms with Gasteiger partial charge in [0.25, 0.3) is 0 Å². The zero-order valence-corrected chi connectivity index (χ0v) is 23.8. The predicted octanol–water partition coefficient (Wildman–Crippen LogP) is 6.09. The lowest BCUT2D eigenvalue weighted by molar-refractivity contribution is 0.0204. The van der Waals surface area contributed by atoms with Gasteiger partial charge in [-0.05, 0) is 88.6 Å². The Morgan fingerprint density at radius 1 is 1.07 bits per heavy atom. The second kappa shape index (κ2) is 11.5. The Hall–Kier alpha value is -4.52. The fourth-order valence-corrected chi connectivity index (χ4v) is 5.01. The van der Waals surface area contributed by atoms with E-state index in [0.717, 1.165) is 41.3 Å². The SMILES string of the molecule is CCc1nc2ccc(C3CCN(C(=O)OC(C)(C)C)CC3)nn2c1NCc1nc(-c2ccc(F)cc2)ccc1C#N. The summed E-state index contributed by atoms with van der Waals surface area (Å²) in [4.78, 5) is 23.7. The first kappa shape index (κ1) is 28.0. The molecule has 0 spiro atoms. The summed E-state index contributed by atoms with van der Waals surface area (Å²) in [5, 5.41) is 18.1. The van der Waals surface area contributed by atoms with E-state index in [2.05, 4.69) is 11.4 Å². The van der Waals surface area contributed by atoms with Gasteiger partial charge in [-0.25, -0.2) is 19.2 Å². The molecule has 1 aromatic carbocycles. The summed E-state index contributed by atoms with van der Waals surface area (Å²) >= 11 is 0. The Labute approximate surface area is 239 Å². The van der Waals surface area contributed by atoms with Crippen LogP contribution >= 0.6 is 0 Å². The average Bonchev–Trinajstić information content (AvgIpc) is 3.32. The van der Waals surface area contributed by atoms with Crippen LogP contribution in [0.25, 0.3) is 16.9 Å². The standard InChI is InChI=1S/C31H34FN7O2/c1-5-24-29(34-19-27-22(18-33)8-11-25(35-27)20-6-9-23(32)10-7-20)39-28(36-24)13-12-26(37-39)21-14-16-38(17-15-21)30(40)41-31(2,3)4/h6-13,21,34H,5,14-17,19H2,1-4H3. The lowest BCUT2D eigenvalue weighted by Crippen LogP contribution is -2.41. The number of hydrogen-bond acceptors (Lipinski definition) is 7. The van der Waals surface area contributed by atoms with Gasteiger partial charge in [-0.3, -0.25) is 0 Å². The van der Waals surface area contributed by atoms with Gasteiger partial charge in [0.1, 0.15) is 17.5 Å². The molecule has 5 rings (SSSR count). The van der Waals surface area contributed by atoms with E-state index in [4.69, 9.17) is 19.8 Å². The highest BCUT2D eigenvalue weighted by Gasteiger charge is 2.28. The van der Waals surface area contributed by atoms with Crippen molar-refractivity contribution >= 4 is 17.6 Å². The van der Waals surface area contributed by atoms with Crippen LogP contribution in [-0.2, 0) is 17.7 Å². The van der Waals surface area contributed by atoms with Gasteiger partial charge in [-0.1, -0.05) is 6.92 Å². The topological polar surface area (TPSA) is 108 Å². The van der Waals surface area contributed by atoms with E-state index in [0.29, 0.717) is 43.0 Å². The van der Waals surface area contributed by atoms with Crippen LogP contribution in [0, 0.1) is 17.1 Å². The highest BCUT2D eigenvalue weighted by Crippen LogP contribution is 2.29. The number of fused-ring (bicyclic) bond motifs is 1. The molecule has 4 aromatic rings. The van der Waals surface area contributed by atoms with E-state index in [-0.39, 0.29) is 17.8 Å². The van der Waals surface area contributed by atoms with Gasteiger partial charge in [0.2, 0.25) is 0 Å². The number of anilines is 1. The third-order valence-corrected chi connectivity index (χ3v) is 7.13. The number of nitrogens with one attached hydrogen (secondary N) is 1. The molecular formula is C31H34FN7O2. The van der Waals surface area contributed by atoms with Gasteiger partial charge in [0, 0.05) is 24.6 Å². The summed E-state index contributed by atoms with van der Waals surface area (Å²) in [6.07, 6.45) is 2.01. The minimum atomic E-state index is -0.520. The number of hydrogen-bond donors (Lipinski definition) is 1. The number of carbonyl (C=O) groups is 1. The second-order valence-electron chi connectivity index (χ2n) is 11.2.